The molecule has 1 aliphatic rings. The molecule has 1 fully saturated rings. The standard InChI is InChI=1S/C15H20N4OS/c1-17-14(12-6-3-2-4-7-12)16-19(15(17)21)11-18-9-5-8-13(20)10-18/h2-4,6-7,13,20H,5,8-11H2,1H3/p+1/t13-/m0/s1. The lowest BCUT2D eigenvalue weighted by molar-refractivity contribution is -0.931. The normalized spacial score (nSPS) is 22.4. The topological polar surface area (TPSA) is 47.4 Å². The first-order valence-corrected chi connectivity index (χ1v) is 7.77. The minimum absolute atomic E-state index is 0.194. The molecule has 2 atom stereocenters. The van der Waals surface area contributed by atoms with E-state index in [9.17, 15) is 5.11 Å². The molecule has 3 rings (SSSR count). The van der Waals surface area contributed by atoms with Gasteiger partial charge in [-0.15, -0.1) is 5.10 Å². The third-order valence-electron chi connectivity index (χ3n) is 4.04. The van der Waals surface area contributed by atoms with Crippen LogP contribution in [0.4, 0.5) is 0 Å². The van der Waals surface area contributed by atoms with Crippen molar-refractivity contribution in [3.8, 4) is 11.4 Å². The first-order valence-electron chi connectivity index (χ1n) is 7.36. The Labute approximate surface area is 129 Å². The zero-order valence-electron chi connectivity index (χ0n) is 12.2. The van der Waals surface area contributed by atoms with Gasteiger partial charge in [0, 0.05) is 12.6 Å². The summed E-state index contributed by atoms with van der Waals surface area (Å²) in [5.74, 6) is 0.887. The van der Waals surface area contributed by atoms with Crippen LogP contribution in [-0.4, -0.2) is 38.6 Å². The molecule has 0 spiro atoms. The number of benzene rings is 1. The quantitative estimate of drug-likeness (QED) is 0.817. The van der Waals surface area contributed by atoms with Crippen LogP contribution in [0.2, 0.25) is 0 Å². The van der Waals surface area contributed by atoms with E-state index < -0.39 is 0 Å². The molecule has 112 valence electrons. The van der Waals surface area contributed by atoms with Gasteiger partial charge in [-0.05, 0) is 25.1 Å². The Bertz CT molecular complexity index is 664. The number of aliphatic hydroxyl groups is 1. The van der Waals surface area contributed by atoms with Gasteiger partial charge in [0.2, 0.25) is 4.77 Å². The molecule has 1 aromatic heterocycles. The van der Waals surface area contributed by atoms with Crippen LogP contribution in [0.1, 0.15) is 12.8 Å². The largest absolute Gasteiger partial charge is 0.387 e. The third kappa shape index (κ3) is 3.07. The molecule has 1 unspecified atom stereocenters. The van der Waals surface area contributed by atoms with Crippen LogP contribution in [0.15, 0.2) is 30.3 Å². The highest BCUT2D eigenvalue weighted by molar-refractivity contribution is 7.71. The van der Waals surface area contributed by atoms with E-state index in [-0.39, 0.29) is 6.10 Å². The Morgan fingerprint density at radius 2 is 2.14 bits per heavy atom. The maximum Gasteiger partial charge on any atom is 0.202 e. The fraction of sp³-hybridized carbons (Fsp3) is 0.467. The number of aliphatic hydroxyl groups excluding tert-OH is 1. The van der Waals surface area contributed by atoms with E-state index in [0.717, 1.165) is 48.8 Å². The smallest absolute Gasteiger partial charge is 0.202 e. The molecule has 5 nitrogen and oxygen atoms in total. The van der Waals surface area contributed by atoms with Crippen molar-refractivity contribution in [1.82, 2.24) is 14.3 Å². The lowest BCUT2D eigenvalue weighted by atomic mass is 10.1. The molecule has 1 aromatic carbocycles. The summed E-state index contributed by atoms with van der Waals surface area (Å²) in [6, 6.07) is 10.1. The molecule has 0 amide bonds. The van der Waals surface area contributed by atoms with E-state index in [1.165, 1.54) is 4.90 Å². The van der Waals surface area contributed by atoms with E-state index in [2.05, 4.69) is 5.10 Å². The number of rotatable bonds is 3. The van der Waals surface area contributed by atoms with E-state index in [4.69, 9.17) is 12.2 Å². The van der Waals surface area contributed by atoms with Gasteiger partial charge in [0.05, 0.1) is 6.54 Å². The van der Waals surface area contributed by atoms with Gasteiger partial charge in [-0.1, -0.05) is 30.3 Å². The van der Waals surface area contributed by atoms with Crippen LogP contribution in [0.25, 0.3) is 11.4 Å². The summed E-state index contributed by atoms with van der Waals surface area (Å²) < 4.78 is 4.55. The molecule has 21 heavy (non-hydrogen) atoms. The second kappa shape index (κ2) is 6.09. The van der Waals surface area contributed by atoms with Crippen molar-refractivity contribution < 1.29 is 10.0 Å². The van der Waals surface area contributed by atoms with Crippen LogP contribution in [0.5, 0.6) is 0 Å². The fourth-order valence-corrected chi connectivity index (χ4v) is 3.10. The maximum absolute atomic E-state index is 9.78. The van der Waals surface area contributed by atoms with Crippen molar-refractivity contribution in [1.29, 1.82) is 0 Å². The van der Waals surface area contributed by atoms with E-state index in [1.54, 1.807) is 0 Å². The maximum atomic E-state index is 9.78. The Balaban J connectivity index is 1.85. The SMILES string of the molecule is Cn1c(-c2ccccc2)nn(C[NH+]2CCC[C@H](O)C2)c1=S. The van der Waals surface area contributed by atoms with Crippen molar-refractivity contribution in [3.05, 3.63) is 35.1 Å². The van der Waals surface area contributed by atoms with Gasteiger partial charge in [0.15, 0.2) is 12.5 Å². The summed E-state index contributed by atoms with van der Waals surface area (Å²) in [7, 11) is 1.95. The van der Waals surface area contributed by atoms with Crippen LogP contribution in [0, 0.1) is 4.77 Å². The molecule has 2 N–H and O–H groups in total. The lowest BCUT2D eigenvalue weighted by Gasteiger charge is -2.26. The number of hydrogen-bond acceptors (Lipinski definition) is 3. The monoisotopic (exact) mass is 305 g/mol. The second-order valence-corrected chi connectivity index (χ2v) is 6.05. The zero-order valence-corrected chi connectivity index (χ0v) is 13.0. The number of quaternary nitrogens is 1. The highest BCUT2D eigenvalue weighted by Gasteiger charge is 2.22. The van der Waals surface area contributed by atoms with Crippen LogP contribution in [0.3, 0.4) is 0 Å². The van der Waals surface area contributed by atoms with Gasteiger partial charge in [-0.3, -0.25) is 0 Å². The Morgan fingerprint density at radius 1 is 1.38 bits per heavy atom. The number of nitrogens with zero attached hydrogens (tertiary/aromatic N) is 3. The highest BCUT2D eigenvalue weighted by atomic mass is 32.1. The molecular weight excluding hydrogens is 284 g/mol. The number of nitrogens with one attached hydrogen (secondary N) is 1. The molecule has 0 radical (unpaired) electrons. The predicted molar refractivity (Wildman–Crippen MR) is 83.4 cm³/mol. The van der Waals surface area contributed by atoms with Gasteiger partial charge in [0.25, 0.3) is 0 Å². The molecule has 2 heterocycles. The van der Waals surface area contributed by atoms with Crippen molar-refractivity contribution in [2.45, 2.75) is 25.6 Å². The van der Waals surface area contributed by atoms with Crippen LogP contribution < -0.4 is 4.90 Å². The van der Waals surface area contributed by atoms with E-state index >= 15 is 0 Å². The van der Waals surface area contributed by atoms with Gasteiger partial charge in [0.1, 0.15) is 12.6 Å². The number of likely N-dealkylation sites (tertiary alicyclic amines) is 1. The van der Waals surface area contributed by atoms with E-state index in [0.29, 0.717) is 0 Å². The number of aromatic nitrogens is 3. The summed E-state index contributed by atoms with van der Waals surface area (Å²) >= 11 is 5.50. The minimum Gasteiger partial charge on any atom is -0.387 e. The average Bonchev–Trinajstić information content (AvgIpc) is 2.77. The van der Waals surface area contributed by atoms with E-state index in [1.807, 2.05) is 46.6 Å². The van der Waals surface area contributed by atoms with Crippen LogP contribution in [-0.2, 0) is 13.7 Å². The lowest BCUT2D eigenvalue weighted by Crippen LogP contribution is -3.13. The molecule has 0 bridgehead atoms. The molecule has 6 heteroatoms. The first kappa shape index (κ1) is 14.4. The van der Waals surface area contributed by atoms with Gasteiger partial charge in [-0.2, -0.15) is 4.68 Å². The molecule has 1 aliphatic heterocycles. The Kier molecular flexibility index (Phi) is 4.19. The molecule has 0 saturated carbocycles. The highest BCUT2D eigenvalue weighted by Crippen LogP contribution is 2.16. The number of piperidine rings is 1. The predicted octanol–water partition coefficient (Wildman–Crippen LogP) is 0.615. The second-order valence-electron chi connectivity index (χ2n) is 5.69. The summed E-state index contributed by atoms with van der Waals surface area (Å²) in [6.45, 7) is 2.56. The third-order valence-corrected chi connectivity index (χ3v) is 4.52. The van der Waals surface area contributed by atoms with Gasteiger partial charge in [-0.25, -0.2) is 0 Å². The zero-order chi connectivity index (χ0) is 14.8. The Morgan fingerprint density at radius 3 is 2.86 bits per heavy atom. The van der Waals surface area contributed by atoms with Gasteiger partial charge < -0.3 is 14.6 Å². The Hall–Kier alpha value is -1.50. The van der Waals surface area contributed by atoms with Crippen molar-refractivity contribution >= 4 is 12.2 Å². The van der Waals surface area contributed by atoms with Crippen LogP contribution >= 0.6 is 12.2 Å². The van der Waals surface area contributed by atoms with Gasteiger partial charge >= 0.3 is 0 Å². The molecular formula is C15H21N4OS+. The summed E-state index contributed by atoms with van der Waals surface area (Å²) in [6.07, 6.45) is 1.77. The van der Waals surface area contributed by atoms with Crippen molar-refractivity contribution in [3.63, 3.8) is 0 Å². The molecule has 0 aliphatic carbocycles. The molecule has 1 saturated heterocycles. The summed E-state index contributed by atoms with van der Waals surface area (Å²) in [5, 5.41) is 14.5. The number of hydrogen-bond donors (Lipinski definition) is 2. The van der Waals surface area contributed by atoms with Crippen molar-refractivity contribution in [2.24, 2.45) is 7.05 Å². The summed E-state index contributed by atoms with van der Waals surface area (Å²) in [5.41, 5.74) is 1.07. The first-order chi connectivity index (χ1) is 10.1. The van der Waals surface area contributed by atoms with Crippen molar-refractivity contribution in [2.75, 3.05) is 13.1 Å². The fourth-order valence-electron chi connectivity index (χ4n) is 2.91. The summed E-state index contributed by atoms with van der Waals surface area (Å²) in [4.78, 5) is 1.34. The minimum atomic E-state index is -0.194. The molecule has 2 aromatic rings. The average molecular weight is 305 g/mol.